The summed E-state index contributed by atoms with van der Waals surface area (Å²) in [7, 11) is 1.33. The minimum absolute atomic E-state index is 0.135. The van der Waals surface area contributed by atoms with Crippen molar-refractivity contribution < 1.29 is 14.3 Å². The summed E-state index contributed by atoms with van der Waals surface area (Å²) in [5.41, 5.74) is 0.522. The van der Waals surface area contributed by atoms with Crippen LogP contribution in [0.5, 0.6) is 0 Å². The predicted octanol–water partition coefficient (Wildman–Crippen LogP) is 2.37. The summed E-state index contributed by atoms with van der Waals surface area (Å²) >= 11 is 5.84. The van der Waals surface area contributed by atoms with Gasteiger partial charge in [-0.2, -0.15) is 0 Å². The maximum Gasteiger partial charge on any atom is 0.307 e. The van der Waals surface area contributed by atoms with Gasteiger partial charge in [0.25, 0.3) is 5.91 Å². The van der Waals surface area contributed by atoms with E-state index in [0.717, 1.165) is 0 Å². The summed E-state index contributed by atoms with van der Waals surface area (Å²) in [6.45, 7) is 2.73. The molecule has 0 saturated heterocycles. The van der Waals surface area contributed by atoms with Crippen LogP contribution in [0.1, 0.15) is 23.7 Å². The molecule has 98 valence electrons. The van der Waals surface area contributed by atoms with Crippen LogP contribution in [-0.4, -0.2) is 37.0 Å². The zero-order valence-corrected chi connectivity index (χ0v) is 11.2. The maximum atomic E-state index is 12.1. The van der Waals surface area contributed by atoms with Crippen molar-refractivity contribution in [1.82, 2.24) is 4.90 Å². The Morgan fingerprint density at radius 2 is 2.11 bits per heavy atom. The fourth-order valence-electron chi connectivity index (χ4n) is 1.54. The summed E-state index contributed by atoms with van der Waals surface area (Å²) in [6.07, 6.45) is 0.191. The van der Waals surface area contributed by atoms with Crippen molar-refractivity contribution in [2.24, 2.45) is 0 Å². The highest BCUT2D eigenvalue weighted by Gasteiger charge is 2.15. The molecular formula is C13H16ClNO3. The standard InChI is InChI=1S/C13H16ClNO3/c1-3-15(8-7-12(16)18-2)13(17)10-5-4-6-11(14)9-10/h4-6,9H,3,7-8H2,1-2H3. The highest BCUT2D eigenvalue weighted by molar-refractivity contribution is 6.30. The first kappa shape index (κ1) is 14.5. The molecule has 0 N–H and O–H groups in total. The predicted molar refractivity (Wildman–Crippen MR) is 69.7 cm³/mol. The number of carbonyl (C=O) groups is 2. The van der Waals surface area contributed by atoms with E-state index < -0.39 is 0 Å². The van der Waals surface area contributed by atoms with Crippen molar-refractivity contribution in [1.29, 1.82) is 0 Å². The largest absolute Gasteiger partial charge is 0.469 e. The monoisotopic (exact) mass is 269 g/mol. The number of amides is 1. The van der Waals surface area contributed by atoms with E-state index in [2.05, 4.69) is 4.74 Å². The van der Waals surface area contributed by atoms with Gasteiger partial charge in [0.15, 0.2) is 0 Å². The molecule has 0 heterocycles. The van der Waals surface area contributed by atoms with Crippen molar-refractivity contribution in [3.05, 3.63) is 34.9 Å². The number of methoxy groups -OCH3 is 1. The van der Waals surface area contributed by atoms with Gasteiger partial charge in [-0.1, -0.05) is 17.7 Å². The Bertz CT molecular complexity index is 434. The number of rotatable bonds is 5. The third-order valence-corrected chi connectivity index (χ3v) is 2.79. The second kappa shape index (κ2) is 7.01. The van der Waals surface area contributed by atoms with Crippen molar-refractivity contribution in [2.45, 2.75) is 13.3 Å². The van der Waals surface area contributed by atoms with Gasteiger partial charge in [0, 0.05) is 23.7 Å². The molecule has 0 aliphatic heterocycles. The maximum absolute atomic E-state index is 12.1. The van der Waals surface area contributed by atoms with Crippen LogP contribution < -0.4 is 0 Å². The van der Waals surface area contributed by atoms with Crippen LogP contribution in [0, 0.1) is 0 Å². The molecule has 1 aromatic carbocycles. The average Bonchev–Trinajstić information content (AvgIpc) is 2.38. The molecular weight excluding hydrogens is 254 g/mol. The molecule has 0 aliphatic rings. The average molecular weight is 270 g/mol. The van der Waals surface area contributed by atoms with E-state index in [-0.39, 0.29) is 18.3 Å². The van der Waals surface area contributed by atoms with Gasteiger partial charge in [-0.25, -0.2) is 0 Å². The van der Waals surface area contributed by atoms with E-state index in [1.807, 2.05) is 6.92 Å². The summed E-state index contributed by atoms with van der Waals surface area (Å²) in [6, 6.07) is 6.76. The molecule has 0 aromatic heterocycles. The number of hydrogen-bond donors (Lipinski definition) is 0. The van der Waals surface area contributed by atoms with Gasteiger partial charge >= 0.3 is 5.97 Å². The lowest BCUT2D eigenvalue weighted by atomic mass is 10.2. The second-order valence-electron chi connectivity index (χ2n) is 3.72. The minimum atomic E-state index is -0.327. The van der Waals surface area contributed by atoms with Crippen LogP contribution in [0.3, 0.4) is 0 Å². The molecule has 1 aromatic rings. The zero-order chi connectivity index (χ0) is 13.5. The molecule has 4 nitrogen and oxygen atoms in total. The Balaban J connectivity index is 2.70. The van der Waals surface area contributed by atoms with E-state index in [0.29, 0.717) is 23.7 Å². The van der Waals surface area contributed by atoms with Crippen LogP contribution >= 0.6 is 11.6 Å². The van der Waals surface area contributed by atoms with E-state index >= 15 is 0 Å². The number of hydrogen-bond acceptors (Lipinski definition) is 3. The zero-order valence-electron chi connectivity index (χ0n) is 10.5. The molecule has 18 heavy (non-hydrogen) atoms. The quantitative estimate of drug-likeness (QED) is 0.771. The van der Waals surface area contributed by atoms with Crippen molar-refractivity contribution in [2.75, 3.05) is 20.2 Å². The first-order chi connectivity index (χ1) is 8.58. The summed E-state index contributed by atoms with van der Waals surface area (Å²) < 4.78 is 4.55. The topological polar surface area (TPSA) is 46.6 Å². The highest BCUT2D eigenvalue weighted by atomic mass is 35.5. The van der Waals surface area contributed by atoms with Crippen LogP contribution in [0.4, 0.5) is 0 Å². The van der Waals surface area contributed by atoms with Crippen molar-refractivity contribution >= 4 is 23.5 Å². The smallest absolute Gasteiger partial charge is 0.307 e. The third kappa shape index (κ3) is 4.04. The number of esters is 1. The molecule has 0 saturated carbocycles. The molecule has 0 fully saturated rings. The normalized spacial score (nSPS) is 9.94. The lowest BCUT2D eigenvalue weighted by Crippen LogP contribution is -2.33. The summed E-state index contributed by atoms with van der Waals surface area (Å²) in [4.78, 5) is 24.8. The number of ether oxygens (including phenoxy) is 1. The summed E-state index contributed by atoms with van der Waals surface area (Å²) in [5.74, 6) is -0.462. The van der Waals surface area contributed by atoms with Gasteiger partial charge < -0.3 is 9.64 Å². The number of carbonyl (C=O) groups excluding carboxylic acids is 2. The Kier molecular flexibility index (Phi) is 5.65. The van der Waals surface area contributed by atoms with Crippen molar-refractivity contribution in [3.63, 3.8) is 0 Å². The van der Waals surface area contributed by atoms with Gasteiger partial charge in [0.1, 0.15) is 0 Å². The molecule has 0 aliphatic carbocycles. The van der Waals surface area contributed by atoms with Gasteiger partial charge in [-0.15, -0.1) is 0 Å². The molecule has 0 spiro atoms. The van der Waals surface area contributed by atoms with Crippen LogP contribution in [-0.2, 0) is 9.53 Å². The van der Waals surface area contributed by atoms with Crippen LogP contribution in [0.2, 0.25) is 5.02 Å². The molecule has 1 rings (SSSR count). The molecule has 1 amide bonds. The van der Waals surface area contributed by atoms with E-state index in [1.165, 1.54) is 7.11 Å². The van der Waals surface area contributed by atoms with Gasteiger partial charge in [-0.3, -0.25) is 9.59 Å². The van der Waals surface area contributed by atoms with E-state index in [1.54, 1.807) is 29.2 Å². The van der Waals surface area contributed by atoms with E-state index in [4.69, 9.17) is 11.6 Å². The molecule has 5 heteroatoms. The number of halogens is 1. The fraction of sp³-hybridized carbons (Fsp3) is 0.385. The Labute approximate surface area is 111 Å². The number of benzene rings is 1. The fourth-order valence-corrected chi connectivity index (χ4v) is 1.73. The summed E-state index contributed by atoms with van der Waals surface area (Å²) in [5, 5.41) is 0.518. The van der Waals surface area contributed by atoms with E-state index in [9.17, 15) is 9.59 Å². The molecule has 0 unspecified atom stereocenters. The molecule has 0 atom stereocenters. The SMILES string of the molecule is CCN(CCC(=O)OC)C(=O)c1cccc(Cl)c1. The van der Waals surface area contributed by atoms with Gasteiger partial charge in [0.05, 0.1) is 13.5 Å². The second-order valence-corrected chi connectivity index (χ2v) is 4.16. The minimum Gasteiger partial charge on any atom is -0.469 e. The Morgan fingerprint density at radius 1 is 1.39 bits per heavy atom. The number of nitrogens with zero attached hydrogens (tertiary/aromatic N) is 1. The van der Waals surface area contributed by atoms with Crippen LogP contribution in [0.25, 0.3) is 0 Å². The molecule has 0 radical (unpaired) electrons. The first-order valence-corrected chi connectivity index (χ1v) is 6.08. The highest BCUT2D eigenvalue weighted by Crippen LogP contribution is 2.13. The Morgan fingerprint density at radius 3 is 2.67 bits per heavy atom. The van der Waals surface area contributed by atoms with Crippen LogP contribution in [0.15, 0.2) is 24.3 Å². The van der Waals surface area contributed by atoms with Gasteiger partial charge in [0.2, 0.25) is 0 Å². The first-order valence-electron chi connectivity index (χ1n) is 5.70. The van der Waals surface area contributed by atoms with Gasteiger partial charge in [-0.05, 0) is 25.1 Å². The molecule has 0 bridgehead atoms. The third-order valence-electron chi connectivity index (χ3n) is 2.55. The lowest BCUT2D eigenvalue weighted by Gasteiger charge is -2.20. The van der Waals surface area contributed by atoms with Crippen molar-refractivity contribution in [3.8, 4) is 0 Å². The Hall–Kier alpha value is -1.55. The lowest BCUT2D eigenvalue weighted by molar-refractivity contribution is -0.140.